The maximum atomic E-state index is 13.0. The highest BCUT2D eigenvalue weighted by atomic mass is 35.5. The minimum absolute atomic E-state index is 0.112. The van der Waals surface area contributed by atoms with Crippen molar-refractivity contribution in [3.05, 3.63) is 64.9 Å². The van der Waals surface area contributed by atoms with Crippen LogP contribution in [0, 0.1) is 5.82 Å². The first-order valence-electron chi connectivity index (χ1n) is 6.66. The number of hydrogen-bond acceptors (Lipinski definition) is 5. The Bertz CT molecular complexity index is 708. The molecule has 0 aromatic heterocycles. The molecule has 120 valence electrons. The van der Waals surface area contributed by atoms with Gasteiger partial charge in [-0.3, -0.25) is 0 Å². The Labute approximate surface area is 136 Å². The quantitative estimate of drug-likeness (QED) is 0.516. The summed E-state index contributed by atoms with van der Waals surface area (Å²) in [7, 11) is 0. The van der Waals surface area contributed by atoms with Crippen molar-refractivity contribution in [2.45, 2.75) is 13.0 Å². The van der Waals surface area contributed by atoms with Crippen molar-refractivity contribution in [1.29, 1.82) is 0 Å². The molecule has 0 aliphatic carbocycles. The zero-order chi connectivity index (χ0) is 16.8. The molecular formula is C16H13ClFNO4. The molecule has 23 heavy (non-hydrogen) atoms. The fourth-order valence-corrected chi connectivity index (χ4v) is 1.73. The van der Waals surface area contributed by atoms with Crippen LogP contribution in [-0.2, 0) is 9.53 Å². The summed E-state index contributed by atoms with van der Waals surface area (Å²) in [5.41, 5.74) is 2.66. The van der Waals surface area contributed by atoms with Crippen molar-refractivity contribution in [3.63, 3.8) is 0 Å². The lowest BCUT2D eigenvalue weighted by Crippen LogP contribution is -2.38. The number of benzene rings is 2. The molecule has 5 nitrogen and oxygen atoms in total. The first-order valence-corrected chi connectivity index (χ1v) is 7.03. The normalized spacial score (nSPS) is 11.6. The number of hydroxylamine groups is 1. The minimum atomic E-state index is -0.925. The topological polar surface area (TPSA) is 64.6 Å². The summed E-state index contributed by atoms with van der Waals surface area (Å²) in [6.45, 7) is 1.45. The third kappa shape index (κ3) is 4.77. The van der Waals surface area contributed by atoms with E-state index in [0.717, 1.165) is 6.07 Å². The van der Waals surface area contributed by atoms with Crippen molar-refractivity contribution in [2.75, 3.05) is 0 Å². The summed E-state index contributed by atoms with van der Waals surface area (Å²) in [5, 5.41) is -0.112. The van der Waals surface area contributed by atoms with Gasteiger partial charge in [0.1, 0.15) is 17.6 Å². The molecule has 0 aliphatic heterocycles. The largest absolute Gasteiger partial charge is 0.408 e. The number of halogens is 2. The Morgan fingerprint density at radius 3 is 2.52 bits per heavy atom. The molecule has 1 N–H and O–H groups in total. The first-order chi connectivity index (χ1) is 11.0. The van der Waals surface area contributed by atoms with Gasteiger partial charge in [-0.15, -0.1) is 5.48 Å². The van der Waals surface area contributed by atoms with Crippen molar-refractivity contribution >= 4 is 23.5 Å². The van der Waals surface area contributed by atoms with E-state index in [2.05, 4.69) is 5.48 Å². The predicted octanol–water partition coefficient (Wildman–Crippen LogP) is 3.13. The van der Waals surface area contributed by atoms with E-state index in [4.69, 9.17) is 21.2 Å². The van der Waals surface area contributed by atoms with Crippen LogP contribution in [0.3, 0.4) is 0 Å². The van der Waals surface area contributed by atoms with Gasteiger partial charge in [0.15, 0.2) is 0 Å². The number of carbonyl (C=O) groups is 2. The van der Waals surface area contributed by atoms with Crippen LogP contribution < -0.4 is 10.3 Å². The first kappa shape index (κ1) is 16.9. The van der Waals surface area contributed by atoms with Crippen molar-refractivity contribution in [1.82, 2.24) is 5.48 Å². The Balaban J connectivity index is 1.87. The number of hydrogen-bond donors (Lipinski definition) is 1. The summed E-state index contributed by atoms with van der Waals surface area (Å²) in [6, 6.07) is 10.9. The van der Waals surface area contributed by atoms with Crippen LogP contribution in [0.25, 0.3) is 0 Å². The molecule has 0 saturated carbocycles. The third-order valence-electron chi connectivity index (χ3n) is 2.80. The highest BCUT2D eigenvalue weighted by Crippen LogP contribution is 2.20. The SMILES string of the molecule is CC(NOc1ccc(F)c(Cl)c1)C(=O)OC(=O)c1ccccc1. The van der Waals surface area contributed by atoms with Gasteiger partial charge in [-0.25, -0.2) is 14.0 Å². The molecule has 0 spiro atoms. The third-order valence-corrected chi connectivity index (χ3v) is 3.09. The summed E-state index contributed by atoms with van der Waals surface area (Å²) >= 11 is 5.61. The van der Waals surface area contributed by atoms with Gasteiger partial charge in [0.25, 0.3) is 0 Å². The van der Waals surface area contributed by atoms with Crippen LogP contribution in [-0.4, -0.2) is 18.0 Å². The van der Waals surface area contributed by atoms with Crippen LogP contribution in [0.2, 0.25) is 5.02 Å². The van der Waals surface area contributed by atoms with E-state index in [9.17, 15) is 14.0 Å². The molecule has 0 bridgehead atoms. The minimum Gasteiger partial charge on any atom is -0.408 e. The van der Waals surface area contributed by atoms with E-state index >= 15 is 0 Å². The molecular weight excluding hydrogens is 325 g/mol. The van der Waals surface area contributed by atoms with Crippen LogP contribution >= 0.6 is 11.6 Å². The van der Waals surface area contributed by atoms with Crippen LogP contribution in [0.4, 0.5) is 4.39 Å². The predicted molar refractivity (Wildman–Crippen MR) is 81.5 cm³/mol. The van der Waals surface area contributed by atoms with E-state index in [0.29, 0.717) is 0 Å². The van der Waals surface area contributed by atoms with Gasteiger partial charge < -0.3 is 9.57 Å². The number of esters is 2. The van der Waals surface area contributed by atoms with Gasteiger partial charge in [-0.2, -0.15) is 0 Å². The van der Waals surface area contributed by atoms with Gasteiger partial charge in [0.05, 0.1) is 10.6 Å². The molecule has 2 rings (SSSR count). The fraction of sp³-hybridized carbons (Fsp3) is 0.125. The van der Waals surface area contributed by atoms with Crippen molar-refractivity contribution < 1.29 is 23.6 Å². The zero-order valence-corrected chi connectivity index (χ0v) is 12.8. The molecule has 7 heteroatoms. The van der Waals surface area contributed by atoms with Crippen LogP contribution in [0.15, 0.2) is 48.5 Å². The Hall–Kier alpha value is -2.44. The summed E-state index contributed by atoms with van der Waals surface area (Å²) in [4.78, 5) is 28.6. The van der Waals surface area contributed by atoms with E-state index in [-0.39, 0.29) is 16.3 Å². The highest BCUT2D eigenvalue weighted by molar-refractivity contribution is 6.30. The van der Waals surface area contributed by atoms with Gasteiger partial charge in [-0.1, -0.05) is 29.8 Å². The Morgan fingerprint density at radius 1 is 1.17 bits per heavy atom. The fourth-order valence-electron chi connectivity index (χ4n) is 1.56. The second-order valence-electron chi connectivity index (χ2n) is 4.59. The maximum absolute atomic E-state index is 13.0. The molecule has 2 aromatic rings. The second-order valence-corrected chi connectivity index (χ2v) is 5.00. The van der Waals surface area contributed by atoms with E-state index in [1.165, 1.54) is 31.2 Å². The molecule has 1 atom stereocenters. The second kappa shape index (κ2) is 7.71. The standard InChI is InChI=1S/C16H13ClFNO4/c1-10(19-23-12-7-8-14(18)13(17)9-12)15(20)22-16(21)11-5-3-2-4-6-11/h2-10,19H,1H3. The molecule has 0 aliphatic rings. The summed E-state index contributed by atoms with van der Waals surface area (Å²) < 4.78 is 17.7. The molecule has 2 aromatic carbocycles. The average Bonchev–Trinajstić information content (AvgIpc) is 2.56. The van der Waals surface area contributed by atoms with Gasteiger partial charge >= 0.3 is 11.9 Å². The number of ether oxygens (including phenoxy) is 1. The average molecular weight is 338 g/mol. The van der Waals surface area contributed by atoms with E-state index < -0.39 is 23.8 Å². The number of rotatable bonds is 5. The number of nitrogens with one attached hydrogen (secondary N) is 1. The summed E-state index contributed by atoms with van der Waals surface area (Å²) in [6.07, 6.45) is 0. The molecule has 0 saturated heterocycles. The lowest BCUT2D eigenvalue weighted by atomic mass is 10.2. The Kier molecular flexibility index (Phi) is 5.67. The van der Waals surface area contributed by atoms with Crippen molar-refractivity contribution in [3.8, 4) is 5.75 Å². The molecule has 0 amide bonds. The molecule has 1 unspecified atom stereocenters. The van der Waals surface area contributed by atoms with E-state index in [1.807, 2.05) is 0 Å². The summed E-state index contributed by atoms with van der Waals surface area (Å²) in [5.74, 6) is -1.94. The monoisotopic (exact) mass is 337 g/mol. The molecule has 0 fully saturated rings. The van der Waals surface area contributed by atoms with E-state index in [1.54, 1.807) is 18.2 Å². The lowest BCUT2D eigenvalue weighted by Gasteiger charge is -2.13. The molecule has 0 heterocycles. The van der Waals surface area contributed by atoms with Crippen LogP contribution in [0.1, 0.15) is 17.3 Å². The smallest absolute Gasteiger partial charge is 0.345 e. The number of carbonyl (C=O) groups excluding carboxylic acids is 2. The van der Waals surface area contributed by atoms with Gasteiger partial charge in [0.2, 0.25) is 0 Å². The van der Waals surface area contributed by atoms with Gasteiger partial charge in [-0.05, 0) is 31.2 Å². The Morgan fingerprint density at radius 2 is 1.87 bits per heavy atom. The maximum Gasteiger partial charge on any atom is 0.345 e. The molecule has 0 radical (unpaired) electrons. The highest BCUT2D eigenvalue weighted by Gasteiger charge is 2.20. The lowest BCUT2D eigenvalue weighted by molar-refractivity contribution is -0.142. The van der Waals surface area contributed by atoms with Crippen LogP contribution in [0.5, 0.6) is 5.75 Å². The van der Waals surface area contributed by atoms with Gasteiger partial charge in [0, 0.05) is 6.07 Å². The zero-order valence-electron chi connectivity index (χ0n) is 12.1. The van der Waals surface area contributed by atoms with Crippen molar-refractivity contribution in [2.24, 2.45) is 0 Å².